The van der Waals surface area contributed by atoms with Crippen LogP contribution < -0.4 is 0 Å². The molecule has 0 spiro atoms. The van der Waals surface area contributed by atoms with Gasteiger partial charge in [-0.2, -0.15) is 0 Å². The zero-order valence-corrected chi connectivity index (χ0v) is 10.7. The molecule has 2 aromatic rings. The Kier molecular flexibility index (Phi) is 4.21. The highest BCUT2D eigenvalue weighted by atomic mass is 35.5. The number of rotatable bonds is 5. The van der Waals surface area contributed by atoms with Crippen molar-refractivity contribution in [1.82, 2.24) is 4.98 Å². The van der Waals surface area contributed by atoms with Crippen molar-refractivity contribution in [2.24, 2.45) is 0 Å². The van der Waals surface area contributed by atoms with Gasteiger partial charge in [-0.1, -0.05) is 31.2 Å². The van der Waals surface area contributed by atoms with Crippen LogP contribution in [0.2, 0.25) is 0 Å². The average Bonchev–Trinajstić information content (AvgIpc) is 2.85. The number of hydrogen-bond acceptors (Lipinski definition) is 2. The summed E-state index contributed by atoms with van der Waals surface area (Å²) in [5, 5.41) is 0. The Bertz CT molecular complexity index is 479. The molecule has 0 saturated carbocycles. The Morgan fingerprint density at radius 3 is 2.88 bits per heavy atom. The third kappa shape index (κ3) is 2.89. The van der Waals surface area contributed by atoms with E-state index in [9.17, 15) is 0 Å². The van der Waals surface area contributed by atoms with Crippen LogP contribution in [0.3, 0.4) is 0 Å². The van der Waals surface area contributed by atoms with E-state index in [1.165, 1.54) is 5.56 Å². The molecule has 0 fully saturated rings. The van der Waals surface area contributed by atoms with Crippen molar-refractivity contribution in [2.45, 2.75) is 26.2 Å². The van der Waals surface area contributed by atoms with Crippen LogP contribution in [0.25, 0.3) is 11.3 Å². The lowest BCUT2D eigenvalue weighted by Crippen LogP contribution is -1.86. The largest absolute Gasteiger partial charge is 0.441 e. The number of oxazole rings is 1. The molecule has 3 heteroatoms. The Labute approximate surface area is 107 Å². The quantitative estimate of drug-likeness (QED) is 0.747. The minimum Gasteiger partial charge on any atom is -0.441 e. The van der Waals surface area contributed by atoms with Gasteiger partial charge in [-0.3, -0.25) is 0 Å². The lowest BCUT2D eigenvalue weighted by Gasteiger charge is -2.03. The molecule has 0 saturated heterocycles. The van der Waals surface area contributed by atoms with Crippen molar-refractivity contribution in [3.05, 3.63) is 41.9 Å². The molecule has 1 heterocycles. The van der Waals surface area contributed by atoms with Crippen LogP contribution >= 0.6 is 11.6 Å². The average molecular weight is 250 g/mol. The summed E-state index contributed by atoms with van der Waals surface area (Å²) in [5.41, 5.74) is 2.42. The molecule has 0 aliphatic rings. The number of halogens is 1. The second-order valence-electron chi connectivity index (χ2n) is 3.92. The van der Waals surface area contributed by atoms with Crippen LogP contribution in [-0.2, 0) is 12.8 Å². The van der Waals surface area contributed by atoms with Crippen molar-refractivity contribution < 1.29 is 4.42 Å². The first-order valence-corrected chi connectivity index (χ1v) is 6.47. The summed E-state index contributed by atoms with van der Waals surface area (Å²) in [6.45, 7) is 2.14. The molecule has 0 radical (unpaired) electrons. The standard InChI is InChI=1S/C14H16ClNO/c1-2-11-6-3-4-7-12(11)13-10-16-14(17-13)8-5-9-15/h3-4,6-7,10H,2,5,8-9H2,1H3. The molecule has 17 heavy (non-hydrogen) atoms. The number of aryl methyl sites for hydroxylation is 2. The molecule has 0 bridgehead atoms. The first kappa shape index (κ1) is 12.2. The zero-order valence-electron chi connectivity index (χ0n) is 9.95. The summed E-state index contributed by atoms with van der Waals surface area (Å²) in [6.07, 6.45) is 4.50. The van der Waals surface area contributed by atoms with E-state index in [0.717, 1.165) is 36.5 Å². The van der Waals surface area contributed by atoms with E-state index in [-0.39, 0.29) is 0 Å². The van der Waals surface area contributed by atoms with Gasteiger partial charge in [-0.15, -0.1) is 11.6 Å². The third-order valence-corrected chi connectivity index (χ3v) is 3.01. The van der Waals surface area contributed by atoms with Gasteiger partial charge in [0.2, 0.25) is 0 Å². The fourth-order valence-electron chi connectivity index (χ4n) is 1.84. The number of alkyl halides is 1. The molecule has 0 aliphatic carbocycles. The molecule has 0 unspecified atom stereocenters. The van der Waals surface area contributed by atoms with Gasteiger partial charge >= 0.3 is 0 Å². The van der Waals surface area contributed by atoms with Crippen LogP contribution in [0.1, 0.15) is 24.8 Å². The van der Waals surface area contributed by atoms with E-state index in [4.69, 9.17) is 16.0 Å². The van der Waals surface area contributed by atoms with Crippen LogP contribution in [0.4, 0.5) is 0 Å². The summed E-state index contributed by atoms with van der Waals surface area (Å²) in [6, 6.07) is 8.27. The first-order chi connectivity index (χ1) is 8.35. The van der Waals surface area contributed by atoms with Crippen molar-refractivity contribution in [3.63, 3.8) is 0 Å². The van der Waals surface area contributed by atoms with E-state index >= 15 is 0 Å². The normalized spacial score (nSPS) is 10.7. The number of benzene rings is 1. The van der Waals surface area contributed by atoms with Gasteiger partial charge in [0.15, 0.2) is 11.7 Å². The highest BCUT2D eigenvalue weighted by Gasteiger charge is 2.09. The van der Waals surface area contributed by atoms with Gasteiger partial charge in [-0.05, 0) is 18.4 Å². The van der Waals surface area contributed by atoms with Crippen molar-refractivity contribution in [3.8, 4) is 11.3 Å². The molecule has 1 aromatic heterocycles. The summed E-state index contributed by atoms with van der Waals surface area (Å²) < 4.78 is 5.74. The number of aromatic nitrogens is 1. The maximum atomic E-state index is 5.74. The second kappa shape index (κ2) is 5.87. The van der Waals surface area contributed by atoms with E-state index < -0.39 is 0 Å². The SMILES string of the molecule is CCc1ccccc1-c1cnc(CCCCl)o1. The topological polar surface area (TPSA) is 26.0 Å². The lowest BCUT2D eigenvalue weighted by molar-refractivity contribution is 0.503. The Morgan fingerprint density at radius 2 is 2.12 bits per heavy atom. The third-order valence-electron chi connectivity index (χ3n) is 2.74. The lowest BCUT2D eigenvalue weighted by atomic mass is 10.0. The smallest absolute Gasteiger partial charge is 0.194 e. The van der Waals surface area contributed by atoms with Gasteiger partial charge in [0.1, 0.15) is 0 Å². The van der Waals surface area contributed by atoms with Crippen molar-refractivity contribution >= 4 is 11.6 Å². The molecule has 2 nitrogen and oxygen atoms in total. The van der Waals surface area contributed by atoms with Gasteiger partial charge in [0.25, 0.3) is 0 Å². The van der Waals surface area contributed by atoms with Gasteiger partial charge < -0.3 is 4.42 Å². The number of nitrogens with zero attached hydrogens (tertiary/aromatic N) is 1. The maximum Gasteiger partial charge on any atom is 0.194 e. The fourth-order valence-corrected chi connectivity index (χ4v) is 1.97. The molecule has 0 aliphatic heterocycles. The van der Waals surface area contributed by atoms with Gasteiger partial charge in [0.05, 0.1) is 6.20 Å². The summed E-state index contributed by atoms with van der Waals surface area (Å²) >= 11 is 5.65. The first-order valence-electron chi connectivity index (χ1n) is 5.94. The zero-order chi connectivity index (χ0) is 12.1. The van der Waals surface area contributed by atoms with Gasteiger partial charge in [-0.25, -0.2) is 4.98 Å². The van der Waals surface area contributed by atoms with Crippen molar-refractivity contribution in [1.29, 1.82) is 0 Å². The minimum absolute atomic E-state index is 0.642. The Hall–Kier alpha value is -1.28. The van der Waals surface area contributed by atoms with Crippen LogP contribution in [0.15, 0.2) is 34.9 Å². The summed E-state index contributed by atoms with van der Waals surface area (Å²) in [7, 11) is 0. The molecular formula is C14H16ClNO. The summed E-state index contributed by atoms with van der Waals surface area (Å²) in [5.74, 6) is 2.27. The fraction of sp³-hybridized carbons (Fsp3) is 0.357. The second-order valence-corrected chi connectivity index (χ2v) is 4.30. The molecule has 2 rings (SSSR count). The predicted molar refractivity (Wildman–Crippen MR) is 70.4 cm³/mol. The van der Waals surface area contributed by atoms with E-state index in [0.29, 0.717) is 5.88 Å². The molecule has 0 atom stereocenters. The van der Waals surface area contributed by atoms with Crippen LogP contribution in [-0.4, -0.2) is 10.9 Å². The molecule has 90 valence electrons. The van der Waals surface area contributed by atoms with Gasteiger partial charge in [0, 0.05) is 17.9 Å². The summed E-state index contributed by atoms with van der Waals surface area (Å²) in [4.78, 5) is 4.28. The maximum absolute atomic E-state index is 5.74. The van der Waals surface area contributed by atoms with Crippen molar-refractivity contribution in [2.75, 3.05) is 5.88 Å². The Balaban J connectivity index is 2.24. The monoisotopic (exact) mass is 249 g/mol. The molecular weight excluding hydrogens is 234 g/mol. The highest BCUT2D eigenvalue weighted by Crippen LogP contribution is 2.25. The van der Waals surface area contributed by atoms with E-state index in [2.05, 4.69) is 24.0 Å². The van der Waals surface area contributed by atoms with E-state index in [1.54, 1.807) is 6.20 Å². The number of hydrogen-bond donors (Lipinski definition) is 0. The molecule has 0 N–H and O–H groups in total. The minimum atomic E-state index is 0.642. The Morgan fingerprint density at radius 1 is 1.29 bits per heavy atom. The molecule has 0 amide bonds. The van der Waals surface area contributed by atoms with E-state index in [1.807, 2.05) is 12.1 Å². The predicted octanol–water partition coefficient (Wildman–Crippen LogP) is 4.08. The molecule has 1 aromatic carbocycles. The highest BCUT2D eigenvalue weighted by molar-refractivity contribution is 6.17. The van der Waals surface area contributed by atoms with Crippen LogP contribution in [0.5, 0.6) is 0 Å². The van der Waals surface area contributed by atoms with Crippen LogP contribution in [0, 0.1) is 0 Å².